The van der Waals surface area contributed by atoms with E-state index in [-0.39, 0.29) is 58.0 Å². The van der Waals surface area contributed by atoms with Crippen molar-refractivity contribution in [2.75, 3.05) is 13.7 Å². The van der Waals surface area contributed by atoms with Crippen LogP contribution < -0.4 is 20.7 Å². The second-order valence-corrected chi connectivity index (χ2v) is 12.8. The van der Waals surface area contributed by atoms with Crippen LogP contribution in [-0.4, -0.2) is 65.7 Å². The molecular formula is C34H33N3O9. The van der Waals surface area contributed by atoms with E-state index in [9.17, 15) is 29.4 Å². The Morgan fingerprint density at radius 3 is 2.24 bits per heavy atom. The van der Waals surface area contributed by atoms with Crippen molar-refractivity contribution >= 4 is 23.8 Å². The third kappa shape index (κ3) is 4.38. The van der Waals surface area contributed by atoms with Gasteiger partial charge in [-0.25, -0.2) is 4.79 Å². The van der Waals surface area contributed by atoms with E-state index in [0.717, 1.165) is 0 Å². The molecule has 4 atom stereocenters. The third-order valence-electron chi connectivity index (χ3n) is 9.90. The van der Waals surface area contributed by atoms with Gasteiger partial charge in [0.05, 0.1) is 30.2 Å². The number of methoxy groups -OCH3 is 1. The van der Waals surface area contributed by atoms with E-state index < -0.39 is 35.0 Å². The maximum absolute atomic E-state index is 13.7. The summed E-state index contributed by atoms with van der Waals surface area (Å²) in [7, 11) is 1.35. The first-order valence-electron chi connectivity index (χ1n) is 15.1. The Bertz CT molecular complexity index is 1770. The van der Waals surface area contributed by atoms with Crippen molar-refractivity contribution in [3.05, 3.63) is 82.4 Å². The quantitative estimate of drug-likeness (QED) is 0.265. The number of amides is 2. The first-order chi connectivity index (χ1) is 21.9. The molecule has 3 aromatic rings. The number of carbonyl (C=O) groups is 4. The molecule has 1 saturated heterocycles. The number of aromatic hydroxyl groups is 2. The lowest BCUT2D eigenvalue weighted by atomic mass is 9.58. The lowest BCUT2D eigenvalue weighted by Crippen LogP contribution is -2.62. The minimum absolute atomic E-state index is 0.0610. The molecule has 3 aliphatic heterocycles. The van der Waals surface area contributed by atoms with Crippen molar-refractivity contribution in [2.24, 2.45) is 11.3 Å². The number of benzene rings is 3. The maximum atomic E-state index is 13.7. The van der Waals surface area contributed by atoms with E-state index >= 15 is 0 Å². The highest BCUT2D eigenvalue weighted by Gasteiger charge is 2.55. The molecule has 5 N–H and O–H groups in total. The number of carbonyl (C=O) groups excluding carboxylic acids is 4. The smallest absolute Gasteiger partial charge is 0.340 e. The van der Waals surface area contributed by atoms with Crippen molar-refractivity contribution in [3.8, 4) is 23.0 Å². The highest BCUT2D eigenvalue weighted by atomic mass is 16.6. The number of phenolic OH excluding ortho intramolecular Hbond substituents is 2. The average Bonchev–Trinajstić information content (AvgIpc) is 3.61. The summed E-state index contributed by atoms with van der Waals surface area (Å²) >= 11 is 0. The Labute approximate surface area is 264 Å². The van der Waals surface area contributed by atoms with E-state index in [0.29, 0.717) is 36.1 Å². The standard InChI is InChI=1S/C34H33N3O9/c1-33(2)23(31(42)44-3)14-27(33)37-30(41)24-11-16(15-35-24)36-29(40)19-5-4-6-22-28(19)32(43)46-34(22)20-9-7-17(38)12-25(20)45-26-13-18(39)8-10-21(26)34/h4-10,12-13,16,23-24,27,35,38-39H,11,14-15H2,1-3H3,(H,36,40)(H,37,41)/t16-,23+,24-,27+/m0/s1. The van der Waals surface area contributed by atoms with Crippen molar-refractivity contribution in [1.29, 1.82) is 0 Å². The molecule has 46 heavy (non-hydrogen) atoms. The third-order valence-corrected chi connectivity index (χ3v) is 9.90. The summed E-state index contributed by atoms with van der Waals surface area (Å²) in [4.78, 5) is 52.5. The molecule has 12 nitrogen and oxygen atoms in total. The minimum atomic E-state index is -1.49. The van der Waals surface area contributed by atoms with Gasteiger partial charge in [-0.15, -0.1) is 0 Å². The molecule has 3 heterocycles. The largest absolute Gasteiger partial charge is 0.508 e. The van der Waals surface area contributed by atoms with Crippen LogP contribution in [0, 0.1) is 11.3 Å². The molecule has 3 aromatic carbocycles. The average molecular weight is 628 g/mol. The van der Waals surface area contributed by atoms with Crippen molar-refractivity contribution in [3.63, 3.8) is 0 Å². The molecule has 0 aromatic heterocycles. The Morgan fingerprint density at radius 1 is 0.935 bits per heavy atom. The molecule has 1 aliphatic carbocycles. The zero-order chi connectivity index (χ0) is 32.5. The molecule has 1 saturated carbocycles. The second-order valence-electron chi connectivity index (χ2n) is 12.8. The Balaban J connectivity index is 1.12. The van der Waals surface area contributed by atoms with Gasteiger partial charge in [-0.2, -0.15) is 0 Å². The molecule has 0 bridgehead atoms. The van der Waals surface area contributed by atoms with Gasteiger partial charge in [0.15, 0.2) is 5.60 Å². The van der Waals surface area contributed by atoms with Crippen molar-refractivity contribution in [1.82, 2.24) is 16.0 Å². The van der Waals surface area contributed by atoms with Crippen molar-refractivity contribution < 1.29 is 43.6 Å². The van der Waals surface area contributed by atoms with Gasteiger partial charge in [0.2, 0.25) is 5.91 Å². The highest BCUT2D eigenvalue weighted by molar-refractivity contribution is 6.09. The SMILES string of the molecule is COC(=O)[C@H]1C[C@@H](NC(=O)[C@@H]2C[C@H](NC(=O)c3cccc4c3C(=O)OC43c4ccc(O)cc4Oc4cc(O)ccc43)CN2)C1(C)C. The van der Waals surface area contributed by atoms with E-state index in [1.807, 2.05) is 13.8 Å². The summed E-state index contributed by atoms with van der Waals surface area (Å²) in [6.07, 6.45) is 0.831. The second kappa shape index (κ2) is 10.5. The number of phenols is 2. The Morgan fingerprint density at radius 2 is 1.61 bits per heavy atom. The van der Waals surface area contributed by atoms with E-state index in [2.05, 4.69) is 16.0 Å². The van der Waals surface area contributed by atoms with Crippen LogP contribution in [0.4, 0.5) is 0 Å². The summed E-state index contributed by atoms with van der Waals surface area (Å²) in [5.41, 5.74) is -0.405. The van der Waals surface area contributed by atoms with Crippen LogP contribution in [0.1, 0.15) is 64.1 Å². The summed E-state index contributed by atoms with van der Waals surface area (Å²) in [5, 5.41) is 29.5. The van der Waals surface area contributed by atoms with E-state index in [1.165, 1.54) is 31.4 Å². The topological polar surface area (TPSA) is 173 Å². The molecule has 0 radical (unpaired) electrons. The summed E-state index contributed by atoms with van der Waals surface area (Å²) in [5.74, 6) is -1.64. The lowest BCUT2D eigenvalue weighted by molar-refractivity contribution is -0.160. The Kier molecular flexibility index (Phi) is 6.74. The highest BCUT2D eigenvalue weighted by Crippen LogP contribution is 2.57. The van der Waals surface area contributed by atoms with Gasteiger partial charge in [0.1, 0.15) is 23.0 Å². The number of esters is 2. The molecule has 2 fully saturated rings. The lowest BCUT2D eigenvalue weighted by Gasteiger charge is -2.50. The molecule has 0 unspecified atom stereocenters. The van der Waals surface area contributed by atoms with Gasteiger partial charge in [-0.1, -0.05) is 26.0 Å². The van der Waals surface area contributed by atoms with Gasteiger partial charge in [0, 0.05) is 47.5 Å². The first kappa shape index (κ1) is 29.6. The summed E-state index contributed by atoms with van der Waals surface area (Å²) in [6, 6.07) is 12.7. The summed E-state index contributed by atoms with van der Waals surface area (Å²) in [6.45, 7) is 4.19. The van der Waals surface area contributed by atoms with Crippen LogP contribution in [0.2, 0.25) is 0 Å². The number of nitrogens with one attached hydrogen (secondary N) is 3. The number of fused-ring (bicyclic) bond motifs is 6. The number of ether oxygens (including phenoxy) is 3. The monoisotopic (exact) mass is 627 g/mol. The van der Waals surface area contributed by atoms with E-state index in [4.69, 9.17) is 14.2 Å². The summed E-state index contributed by atoms with van der Waals surface area (Å²) < 4.78 is 17.0. The predicted octanol–water partition coefficient (Wildman–Crippen LogP) is 2.83. The first-order valence-corrected chi connectivity index (χ1v) is 15.1. The molecular weight excluding hydrogens is 594 g/mol. The molecule has 2 amide bonds. The normalized spacial score (nSPS) is 24.4. The van der Waals surface area contributed by atoms with Gasteiger partial charge in [-0.05, 0) is 48.6 Å². The zero-order valence-corrected chi connectivity index (χ0v) is 25.4. The van der Waals surface area contributed by atoms with Crippen molar-refractivity contribution in [2.45, 2.75) is 50.4 Å². The fraction of sp³-hybridized carbons (Fsp3) is 0.353. The fourth-order valence-electron chi connectivity index (χ4n) is 7.23. The fourth-order valence-corrected chi connectivity index (χ4v) is 7.23. The van der Waals surface area contributed by atoms with Crippen LogP contribution in [0.5, 0.6) is 23.0 Å². The molecule has 4 aliphatic rings. The van der Waals surface area contributed by atoms with Crippen LogP contribution in [-0.2, 0) is 24.7 Å². The number of hydrogen-bond acceptors (Lipinski definition) is 10. The van der Waals surface area contributed by atoms with E-state index in [1.54, 1.807) is 30.3 Å². The molecule has 1 spiro atoms. The zero-order valence-electron chi connectivity index (χ0n) is 25.4. The number of rotatable bonds is 5. The van der Waals surface area contributed by atoms with Crippen LogP contribution in [0.3, 0.4) is 0 Å². The van der Waals surface area contributed by atoms with Crippen LogP contribution in [0.25, 0.3) is 0 Å². The molecule has 12 heteroatoms. The van der Waals surface area contributed by atoms with Crippen LogP contribution in [0.15, 0.2) is 54.6 Å². The maximum Gasteiger partial charge on any atom is 0.340 e. The van der Waals surface area contributed by atoms with Crippen LogP contribution >= 0.6 is 0 Å². The van der Waals surface area contributed by atoms with Gasteiger partial charge in [0.25, 0.3) is 5.91 Å². The number of hydrogen-bond donors (Lipinski definition) is 5. The van der Waals surface area contributed by atoms with Gasteiger partial charge in [-0.3, -0.25) is 14.4 Å². The molecule has 238 valence electrons. The predicted molar refractivity (Wildman–Crippen MR) is 162 cm³/mol. The molecule has 7 rings (SSSR count). The van der Waals surface area contributed by atoms with Gasteiger partial charge >= 0.3 is 11.9 Å². The van der Waals surface area contributed by atoms with Gasteiger partial charge < -0.3 is 40.4 Å². The minimum Gasteiger partial charge on any atom is -0.508 e. The Hall–Kier alpha value is -5.10.